The number of thioether (sulfide) groups is 1. The van der Waals surface area contributed by atoms with E-state index in [4.69, 9.17) is 4.74 Å². The summed E-state index contributed by atoms with van der Waals surface area (Å²) in [5.41, 5.74) is 1.27. The molecule has 0 aromatic carbocycles. The summed E-state index contributed by atoms with van der Waals surface area (Å²) in [7, 11) is 0. The maximum Gasteiger partial charge on any atom is 0.261 e. The van der Waals surface area contributed by atoms with E-state index in [1.807, 2.05) is 12.1 Å². The van der Waals surface area contributed by atoms with E-state index in [-0.39, 0.29) is 12.0 Å². The first-order chi connectivity index (χ1) is 11.8. The van der Waals surface area contributed by atoms with Gasteiger partial charge in [0.2, 0.25) is 0 Å². The maximum absolute atomic E-state index is 12.3. The molecule has 3 aliphatic rings. The molecule has 0 aliphatic carbocycles. The van der Waals surface area contributed by atoms with Crippen LogP contribution in [0.2, 0.25) is 0 Å². The standard InChI is InChI=1S/C17H21N3O2S2/c21-16(15-5-4-14(24-15)13-3-1-10-22-13)18-8-6-12-11-23-17-19-7-2-9-20(12)17/h4-5,11,13H,1-3,6-10H2,(H,18,21). The van der Waals surface area contributed by atoms with Gasteiger partial charge in [-0.05, 0) is 36.8 Å². The van der Waals surface area contributed by atoms with Gasteiger partial charge >= 0.3 is 0 Å². The fourth-order valence-corrected chi connectivity index (χ4v) is 5.17. The van der Waals surface area contributed by atoms with Gasteiger partial charge in [-0.2, -0.15) is 0 Å². The first kappa shape index (κ1) is 16.2. The minimum absolute atomic E-state index is 0.0167. The number of hydrogen-bond acceptors (Lipinski definition) is 6. The van der Waals surface area contributed by atoms with Gasteiger partial charge in [-0.1, -0.05) is 11.8 Å². The average Bonchev–Trinajstić information content (AvgIpc) is 3.35. The zero-order chi connectivity index (χ0) is 16.4. The number of fused-ring (bicyclic) bond motifs is 1. The molecule has 0 saturated carbocycles. The van der Waals surface area contributed by atoms with Crippen LogP contribution in [-0.4, -0.2) is 42.2 Å². The topological polar surface area (TPSA) is 53.9 Å². The fraction of sp³-hybridized carbons (Fsp3) is 0.529. The maximum atomic E-state index is 12.3. The van der Waals surface area contributed by atoms with Gasteiger partial charge in [0, 0.05) is 43.2 Å². The van der Waals surface area contributed by atoms with Crippen LogP contribution in [0.25, 0.3) is 0 Å². The fourth-order valence-electron chi connectivity index (χ4n) is 3.17. The van der Waals surface area contributed by atoms with Crippen molar-refractivity contribution in [3.8, 4) is 0 Å². The molecule has 1 saturated heterocycles. The first-order valence-electron chi connectivity index (χ1n) is 8.48. The number of rotatable bonds is 5. The summed E-state index contributed by atoms with van der Waals surface area (Å²) in [6.45, 7) is 3.46. The lowest BCUT2D eigenvalue weighted by molar-refractivity contribution is 0.0958. The zero-order valence-electron chi connectivity index (χ0n) is 13.5. The Hall–Kier alpha value is -1.31. The Morgan fingerprint density at radius 3 is 3.25 bits per heavy atom. The molecule has 3 aliphatic heterocycles. The van der Waals surface area contributed by atoms with Crippen LogP contribution in [0.4, 0.5) is 0 Å². The molecule has 0 bridgehead atoms. The normalized spacial score (nSPS) is 23.0. The second kappa shape index (κ2) is 7.29. The second-order valence-corrected chi connectivity index (χ2v) is 8.06. The Morgan fingerprint density at radius 1 is 1.42 bits per heavy atom. The molecule has 4 heterocycles. The molecular weight excluding hydrogens is 342 g/mol. The van der Waals surface area contributed by atoms with Crippen LogP contribution >= 0.6 is 23.1 Å². The molecule has 1 aromatic heterocycles. The lowest BCUT2D eigenvalue weighted by Gasteiger charge is -2.25. The van der Waals surface area contributed by atoms with E-state index >= 15 is 0 Å². The van der Waals surface area contributed by atoms with Crippen molar-refractivity contribution in [3.05, 3.63) is 33.0 Å². The first-order valence-corrected chi connectivity index (χ1v) is 10.2. The Bertz CT molecular complexity index is 677. The Balaban J connectivity index is 1.28. The molecule has 128 valence electrons. The van der Waals surface area contributed by atoms with Crippen molar-refractivity contribution < 1.29 is 9.53 Å². The highest BCUT2D eigenvalue weighted by Gasteiger charge is 2.24. The number of hydrogen-bond donors (Lipinski definition) is 1. The summed E-state index contributed by atoms with van der Waals surface area (Å²) in [5.74, 6) is 0.0167. The van der Waals surface area contributed by atoms with Gasteiger partial charge in [-0.15, -0.1) is 11.3 Å². The van der Waals surface area contributed by atoms with E-state index in [1.54, 1.807) is 23.1 Å². The van der Waals surface area contributed by atoms with Gasteiger partial charge in [0.25, 0.3) is 5.91 Å². The van der Waals surface area contributed by atoms with Gasteiger partial charge in [0.15, 0.2) is 5.17 Å². The monoisotopic (exact) mass is 363 g/mol. The van der Waals surface area contributed by atoms with E-state index < -0.39 is 0 Å². The molecule has 0 spiro atoms. The predicted molar refractivity (Wildman–Crippen MR) is 98.5 cm³/mol. The van der Waals surface area contributed by atoms with Crippen LogP contribution in [0.5, 0.6) is 0 Å². The van der Waals surface area contributed by atoms with Crippen molar-refractivity contribution in [1.82, 2.24) is 10.2 Å². The van der Waals surface area contributed by atoms with Crippen LogP contribution in [0.15, 0.2) is 28.2 Å². The third-order valence-corrected chi connectivity index (χ3v) is 6.56. The van der Waals surface area contributed by atoms with E-state index in [2.05, 4.69) is 20.6 Å². The van der Waals surface area contributed by atoms with Crippen molar-refractivity contribution in [2.24, 2.45) is 4.99 Å². The molecule has 1 fully saturated rings. The Kier molecular flexibility index (Phi) is 4.91. The highest BCUT2D eigenvalue weighted by Crippen LogP contribution is 2.33. The van der Waals surface area contributed by atoms with Crippen molar-refractivity contribution >= 4 is 34.2 Å². The molecule has 1 amide bonds. The number of ether oxygens (including phenoxy) is 1. The van der Waals surface area contributed by atoms with Crippen LogP contribution < -0.4 is 5.32 Å². The van der Waals surface area contributed by atoms with Crippen molar-refractivity contribution in [2.75, 3.05) is 26.2 Å². The molecule has 1 aromatic rings. The van der Waals surface area contributed by atoms with Crippen LogP contribution in [0.3, 0.4) is 0 Å². The van der Waals surface area contributed by atoms with Gasteiger partial charge in [-0.25, -0.2) is 0 Å². The number of amides is 1. The molecule has 1 atom stereocenters. The molecule has 7 heteroatoms. The second-order valence-electron chi connectivity index (χ2n) is 6.11. The van der Waals surface area contributed by atoms with Crippen molar-refractivity contribution in [2.45, 2.75) is 31.8 Å². The number of amidine groups is 1. The summed E-state index contributed by atoms with van der Waals surface area (Å²) in [6, 6.07) is 3.94. The van der Waals surface area contributed by atoms with Crippen LogP contribution in [0, 0.1) is 0 Å². The van der Waals surface area contributed by atoms with Gasteiger partial charge in [0.05, 0.1) is 11.0 Å². The largest absolute Gasteiger partial charge is 0.373 e. The molecule has 4 rings (SSSR count). The number of nitrogens with one attached hydrogen (secondary N) is 1. The quantitative estimate of drug-likeness (QED) is 0.871. The van der Waals surface area contributed by atoms with Crippen LogP contribution in [-0.2, 0) is 4.74 Å². The zero-order valence-corrected chi connectivity index (χ0v) is 15.1. The predicted octanol–water partition coefficient (Wildman–Crippen LogP) is 3.37. The van der Waals surface area contributed by atoms with Gasteiger partial charge in [0.1, 0.15) is 0 Å². The molecule has 0 radical (unpaired) electrons. The lowest BCUT2D eigenvalue weighted by Crippen LogP contribution is -2.31. The average molecular weight is 364 g/mol. The minimum atomic E-state index is 0.0167. The third kappa shape index (κ3) is 3.38. The summed E-state index contributed by atoms with van der Waals surface area (Å²) in [4.78, 5) is 21.1. The summed E-state index contributed by atoms with van der Waals surface area (Å²) < 4.78 is 5.68. The number of aliphatic imine (C=N–C) groups is 1. The van der Waals surface area contributed by atoms with Crippen molar-refractivity contribution in [3.63, 3.8) is 0 Å². The summed E-state index contributed by atoms with van der Waals surface area (Å²) in [5, 5.41) is 6.32. The van der Waals surface area contributed by atoms with Gasteiger partial charge < -0.3 is 15.0 Å². The minimum Gasteiger partial charge on any atom is -0.373 e. The van der Waals surface area contributed by atoms with Gasteiger partial charge in [-0.3, -0.25) is 9.79 Å². The van der Waals surface area contributed by atoms with Crippen molar-refractivity contribution in [1.29, 1.82) is 0 Å². The number of nitrogens with zero attached hydrogens (tertiary/aromatic N) is 2. The molecule has 5 nitrogen and oxygen atoms in total. The highest BCUT2D eigenvalue weighted by molar-refractivity contribution is 8.16. The molecule has 1 N–H and O–H groups in total. The highest BCUT2D eigenvalue weighted by atomic mass is 32.2. The lowest BCUT2D eigenvalue weighted by atomic mass is 10.2. The SMILES string of the molecule is O=C(NCCC1=CSC2=NCCCN12)c1ccc(C2CCCO2)s1. The number of carbonyl (C=O) groups excluding carboxylic acids is 1. The third-order valence-electron chi connectivity index (χ3n) is 4.43. The molecule has 24 heavy (non-hydrogen) atoms. The molecular formula is C17H21N3O2S2. The van der Waals surface area contributed by atoms with E-state index in [0.29, 0.717) is 6.54 Å². The smallest absolute Gasteiger partial charge is 0.261 e. The summed E-state index contributed by atoms with van der Waals surface area (Å²) >= 11 is 3.25. The summed E-state index contributed by atoms with van der Waals surface area (Å²) in [6.07, 6.45) is 4.32. The Labute approximate surface area is 150 Å². The number of carbonyl (C=O) groups is 1. The Morgan fingerprint density at radius 2 is 2.38 bits per heavy atom. The van der Waals surface area contributed by atoms with E-state index in [9.17, 15) is 4.79 Å². The molecule has 1 unspecified atom stereocenters. The van der Waals surface area contributed by atoms with E-state index in [1.165, 1.54) is 10.6 Å². The van der Waals surface area contributed by atoms with Crippen LogP contribution in [0.1, 0.15) is 46.3 Å². The number of thiophene rings is 1. The van der Waals surface area contributed by atoms with E-state index in [0.717, 1.165) is 55.4 Å².